The second-order valence-corrected chi connectivity index (χ2v) is 2.60. The molecule has 1 rings (SSSR count). The first kappa shape index (κ1) is 11.5. The molecule has 0 spiro atoms. The van der Waals surface area contributed by atoms with Crippen LogP contribution in [0.5, 0.6) is 0 Å². The van der Waals surface area contributed by atoms with Crippen molar-refractivity contribution in [2.24, 2.45) is 0 Å². The van der Waals surface area contributed by atoms with E-state index in [-0.39, 0.29) is 11.7 Å². The standard InChI is InChI=1S/C7H13N5O3/c1-14-4-5-15-3-2-8-7(13)6-9-11-12-10-6/h2-5H2,1H3,(H,8,13)(H,9,10,11,12). The minimum Gasteiger partial charge on any atom is -0.382 e. The molecule has 84 valence electrons. The number of aromatic amines is 1. The van der Waals surface area contributed by atoms with Crippen LogP contribution in [0.2, 0.25) is 0 Å². The lowest BCUT2D eigenvalue weighted by Gasteiger charge is -2.03. The number of H-pyrrole nitrogens is 1. The topological polar surface area (TPSA) is 102 Å². The highest BCUT2D eigenvalue weighted by atomic mass is 16.5. The fraction of sp³-hybridized carbons (Fsp3) is 0.714. The first-order valence-corrected chi connectivity index (χ1v) is 4.43. The van der Waals surface area contributed by atoms with Gasteiger partial charge in [-0.25, -0.2) is 0 Å². The third-order valence-electron chi connectivity index (χ3n) is 1.51. The molecule has 15 heavy (non-hydrogen) atoms. The maximum absolute atomic E-state index is 11.2. The lowest BCUT2D eigenvalue weighted by Crippen LogP contribution is -2.28. The number of carbonyl (C=O) groups is 1. The first-order valence-electron chi connectivity index (χ1n) is 4.43. The third-order valence-corrected chi connectivity index (χ3v) is 1.51. The number of rotatable bonds is 7. The van der Waals surface area contributed by atoms with Crippen molar-refractivity contribution in [3.63, 3.8) is 0 Å². The van der Waals surface area contributed by atoms with Crippen LogP contribution >= 0.6 is 0 Å². The van der Waals surface area contributed by atoms with E-state index in [1.54, 1.807) is 7.11 Å². The van der Waals surface area contributed by atoms with Crippen LogP contribution in [-0.4, -0.2) is 60.0 Å². The molecule has 0 aromatic carbocycles. The lowest BCUT2D eigenvalue weighted by molar-refractivity contribution is 0.0690. The summed E-state index contributed by atoms with van der Waals surface area (Å²) in [4.78, 5) is 11.2. The van der Waals surface area contributed by atoms with Gasteiger partial charge in [0.25, 0.3) is 11.7 Å². The summed E-state index contributed by atoms with van der Waals surface area (Å²) in [6, 6.07) is 0. The smallest absolute Gasteiger partial charge is 0.292 e. The van der Waals surface area contributed by atoms with Crippen molar-refractivity contribution >= 4 is 5.91 Å². The van der Waals surface area contributed by atoms with Crippen LogP contribution in [0.15, 0.2) is 0 Å². The average molecular weight is 215 g/mol. The van der Waals surface area contributed by atoms with Crippen molar-refractivity contribution in [2.45, 2.75) is 0 Å². The molecule has 0 saturated heterocycles. The zero-order chi connectivity index (χ0) is 10.9. The van der Waals surface area contributed by atoms with Gasteiger partial charge in [-0.2, -0.15) is 5.21 Å². The van der Waals surface area contributed by atoms with Gasteiger partial charge in [-0.15, -0.1) is 10.2 Å². The highest BCUT2D eigenvalue weighted by Gasteiger charge is 2.08. The number of aromatic nitrogens is 4. The van der Waals surface area contributed by atoms with Crippen LogP contribution < -0.4 is 5.32 Å². The number of nitrogens with one attached hydrogen (secondary N) is 2. The van der Waals surface area contributed by atoms with Gasteiger partial charge >= 0.3 is 0 Å². The van der Waals surface area contributed by atoms with Crippen LogP contribution in [0.1, 0.15) is 10.6 Å². The minimum atomic E-state index is -0.376. The number of carbonyl (C=O) groups excluding carboxylic acids is 1. The lowest BCUT2D eigenvalue weighted by atomic mass is 10.5. The van der Waals surface area contributed by atoms with E-state index in [4.69, 9.17) is 9.47 Å². The number of tetrazole rings is 1. The third kappa shape index (κ3) is 4.47. The Hall–Kier alpha value is -1.54. The van der Waals surface area contributed by atoms with Gasteiger partial charge in [0, 0.05) is 13.7 Å². The maximum Gasteiger partial charge on any atom is 0.292 e. The quantitative estimate of drug-likeness (QED) is 0.542. The van der Waals surface area contributed by atoms with Gasteiger partial charge in [0.1, 0.15) is 0 Å². The Kier molecular flexibility index (Phi) is 5.26. The highest BCUT2D eigenvalue weighted by molar-refractivity contribution is 5.89. The van der Waals surface area contributed by atoms with E-state index in [0.29, 0.717) is 26.4 Å². The molecule has 2 N–H and O–H groups in total. The monoisotopic (exact) mass is 215 g/mol. The maximum atomic E-state index is 11.2. The van der Waals surface area contributed by atoms with Gasteiger partial charge in [-0.05, 0) is 5.21 Å². The Labute approximate surface area is 86.3 Å². The van der Waals surface area contributed by atoms with E-state index in [1.165, 1.54) is 0 Å². The number of ether oxygens (including phenoxy) is 2. The van der Waals surface area contributed by atoms with E-state index in [1.807, 2.05) is 0 Å². The average Bonchev–Trinajstić information content (AvgIpc) is 2.76. The van der Waals surface area contributed by atoms with Crippen LogP contribution in [0.3, 0.4) is 0 Å². The van der Waals surface area contributed by atoms with Crippen LogP contribution in [0, 0.1) is 0 Å². The van der Waals surface area contributed by atoms with Crippen molar-refractivity contribution in [2.75, 3.05) is 33.5 Å². The number of nitrogens with zero attached hydrogens (tertiary/aromatic N) is 3. The Morgan fingerprint density at radius 1 is 1.47 bits per heavy atom. The van der Waals surface area contributed by atoms with E-state index in [2.05, 4.69) is 25.9 Å². The van der Waals surface area contributed by atoms with Crippen molar-refractivity contribution in [3.05, 3.63) is 5.82 Å². The number of amides is 1. The minimum absolute atomic E-state index is 0.0203. The molecule has 0 atom stereocenters. The molecule has 0 fully saturated rings. The number of hydrogen-bond donors (Lipinski definition) is 2. The fourth-order valence-corrected chi connectivity index (χ4v) is 0.818. The zero-order valence-electron chi connectivity index (χ0n) is 8.39. The van der Waals surface area contributed by atoms with E-state index in [9.17, 15) is 4.79 Å². The van der Waals surface area contributed by atoms with Crippen molar-refractivity contribution in [1.82, 2.24) is 25.9 Å². The second-order valence-electron chi connectivity index (χ2n) is 2.60. The molecule has 0 saturated carbocycles. The Bertz CT molecular complexity index is 276. The van der Waals surface area contributed by atoms with E-state index < -0.39 is 0 Å². The molecule has 0 unspecified atom stereocenters. The summed E-state index contributed by atoms with van der Waals surface area (Å²) >= 11 is 0. The van der Waals surface area contributed by atoms with Crippen molar-refractivity contribution < 1.29 is 14.3 Å². The zero-order valence-corrected chi connectivity index (χ0v) is 8.39. The van der Waals surface area contributed by atoms with Crippen LogP contribution in [0.25, 0.3) is 0 Å². The fourth-order valence-electron chi connectivity index (χ4n) is 0.818. The van der Waals surface area contributed by atoms with Crippen molar-refractivity contribution in [1.29, 1.82) is 0 Å². The molecule has 0 aliphatic rings. The van der Waals surface area contributed by atoms with Gasteiger partial charge < -0.3 is 14.8 Å². The molecule has 8 heteroatoms. The summed E-state index contributed by atoms with van der Waals surface area (Å²) in [6.07, 6.45) is 0. The Morgan fingerprint density at radius 2 is 2.33 bits per heavy atom. The molecule has 0 radical (unpaired) electrons. The highest BCUT2D eigenvalue weighted by Crippen LogP contribution is 1.82. The number of methoxy groups -OCH3 is 1. The Morgan fingerprint density at radius 3 is 3.00 bits per heavy atom. The molecule has 1 heterocycles. The summed E-state index contributed by atoms with van der Waals surface area (Å²) in [6.45, 7) is 1.87. The predicted octanol–water partition coefficient (Wildman–Crippen LogP) is -1.41. The van der Waals surface area contributed by atoms with Gasteiger partial charge in [0.2, 0.25) is 0 Å². The van der Waals surface area contributed by atoms with Gasteiger partial charge in [-0.3, -0.25) is 4.79 Å². The summed E-state index contributed by atoms with van der Waals surface area (Å²) in [5, 5.41) is 15.1. The summed E-state index contributed by atoms with van der Waals surface area (Å²) < 4.78 is 9.92. The van der Waals surface area contributed by atoms with Gasteiger partial charge in [0.05, 0.1) is 19.8 Å². The molecule has 1 aromatic heterocycles. The summed E-state index contributed by atoms with van der Waals surface area (Å²) in [5.41, 5.74) is 0. The van der Waals surface area contributed by atoms with Gasteiger partial charge in [-0.1, -0.05) is 0 Å². The number of hydrogen-bond acceptors (Lipinski definition) is 6. The molecular weight excluding hydrogens is 202 g/mol. The first-order chi connectivity index (χ1) is 7.34. The molecule has 1 aromatic rings. The molecule has 1 amide bonds. The summed E-state index contributed by atoms with van der Waals surface area (Å²) in [7, 11) is 1.60. The SMILES string of the molecule is COCCOCCNC(=O)c1nn[nH]n1. The van der Waals surface area contributed by atoms with E-state index in [0.717, 1.165) is 0 Å². The molecule has 8 nitrogen and oxygen atoms in total. The summed E-state index contributed by atoms with van der Waals surface area (Å²) in [5.74, 6) is -0.356. The molecular formula is C7H13N5O3. The molecule has 0 aliphatic carbocycles. The van der Waals surface area contributed by atoms with Crippen LogP contribution in [0.4, 0.5) is 0 Å². The largest absolute Gasteiger partial charge is 0.382 e. The van der Waals surface area contributed by atoms with E-state index >= 15 is 0 Å². The molecule has 0 aliphatic heterocycles. The van der Waals surface area contributed by atoms with Crippen molar-refractivity contribution in [3.8, 4) is 0 Å². The second kappa shape index (κ2) is 6.85. The Balaban J connectivity index is 2.03. The van der Waals surface area contributed by atoms with Crippen LogP contribution in [-0.2, 0) is 9.47 Å². The normalized spacial score (nSPS) is 10.2. The van der Waals surface area contributed by atoms with Gasteiger partial charge in [0.15, 0.2) is 0 Å². The molecule has 0 bridgehead atoms. The predicted molar refractivity (Wildman–Crippen MR) is 49.2 cm³/mol.